The van der Waals surface area contributed by atoms with Gasteiger partial charge in [-0.05, 0) is 56.6 Å². The molecule has 0 amide bonds. The molecule has 1 atom stereocenters. The van der Waals surface area contributed by atoms with Crippen LogP contribution in [0.25, 0.3) is 0 Å². The zero-order chi connectivity index (χ0) is 16.5. The van der Waals surface area contributed by atoms with Gasteiger partial charge in [0.05, 0.1) is 6.61 Å². The molecular weight excluding hydrogens is 304 g/mol. The van der Waals surface area contributed by atoms with Crippen LogP contribution in [0.3, 0.4) is 0 Å². The van der Waals surface area contributed by atoms with Crippen molar-refractivity contribution in [1.29, 1.82) is 0 Å². The largest absolute Gasteiger partial charge is 0.494 e. The van der Waals surface area contributed by atoms with Crippen LogP contribution in [0.15, 0.2) is 54.6 Å². The van der Waals surface area contributed by atoms with Crippen molar-refractivity contribution in [2.75, 3.05) is 11.9 Å². The molecule has 0 fully saturated rings. The van der Waals surface area contributed by atoms with Gasteiger partial charge in [0.2, 0.25) is 0 Å². The minimum Gasteiger partial charge on any atom is -0.494 e. The molecule has 2 aromatic rings. The quantitative estimate of drug-likeness (QED) is 0.739. The van der Waals surface area contributed by atoms with Crippen LogP contribution in [-0.2, 0) is 6.42 Å². The molecule has 0 bridgehead atoms. The first kappa shape index (κ1) is 17.3. The first-order valence-corrected chi connectivity index (χ1v) is 8.42. The maximum Gasteiger partial charge on any atom is 0.170 e. The van der Waals surface area contributed by atoms with Crippen LogP contribution in [0.1, 0.15) is 25.8 Å². The molecule has 0 unspecified atom stereocenters. The molecule has 0 aliphatic rings. The van der Waals surface area contributed by atoms with Crippen molar-refractivity contribution in [3.05, 3.63) is 60.2 Å². The fraction of sp³-hybridized carbons (Fsp3) is 0.316. The van der Waals surface area contributed by atoms with E-state index in [4.69, 9.17) is 17.0 Å². The van der Waals surface area contributed by atoms with Gasteiger partial charge in [-0.1, -0.05) is 36.4 Å². The summed E-state index contributed by atoms with van der Waals surface area (Å²) in [6.07, 6.45) is 2.07. The van der Waals surface area contributed by atoms with E-state index in [1.54, 1.807) is 0 Å². The van der Waals surface area contributed by atoms with E-state index in [1.165, 1.54) is 5.56 Å². The Morgan fingerprint density at radius 2 is 1.91 bits per heavy atom. The smallest absolute Gasteiger partial charge is 0.170 e. The van der Waals surface area contributed by atoms with Gasteiger partial charge in [0.25, 0.3) is 0 Å². The molecule has 4 heteroatoms. The highest BCUT2D eigenvalue weighted by atomic mass is 32.1. The van der Waals surface area contributed by atoms with Gasteiger partial charge in [-0.3, -0.25) is 0 Å². The van der Waals surface area contributed by atoms with Crippen molar-refractivity contribution in [2.45, 2.75) is 32.7 Å². The Morgan fingerprint density at radius 1 is 1.13 bits per heavy atom. The van der Waals surface area contributed by atoms with Gasteiger partial charge in [0, 0.05) is 17.8 Å². The van der Waals surface area contributed by atoms with Gasteiger partial charge in [0.15, 0.2) is 5.11 Å². The number of hydrogen-bond donors (Lipinski definition) is 2. The van der Waals surface area contributed by atoms with Crippen LogP contribution in [0, 0.1) is 0 Å². The van der Waals surface area contributed by atoms with Gasteiger partial charge in [-0.25, -0.2) is 0 Å². The molecule has 0 aromatic heterocycles. The highest BCUT2D eigenvalue weighted by molar-refractivity contribution is 7.80. The molecule has 0 aliphatic heterocycles. The molecule has 23 heavy (non-hydrogen) atoms. The van der Waals surface area contributed by atoms with Crippen LogP contribution in [0.5, 0.6) is 5.75 Å². The van der Waals surface area contributed by atoms with Crippen LogP contribution in [-0.4, -0.2) is 17.8 Å². The van der Waals surface area contributed by atoms with E-state index in [-0.39, 0.29) is 0 Å². The molecule has 2 aromatic carbocycles. The minimum atomic E-state index is 0.310. The Hall–Kier alpha value is -2.07. The maximum atomic E-state index is 5.49. The third kappa shape index (κ3) is 6.28. The van der Waals surface area contributed by atoms with E-state index in [1.807, 2.05) is 37.3 Å². The zero-order valence-electron chi connectivity index (χ0n) is 13.7. The third-order valence-corrected chi connectivity index (χ3v) is 3.71. The van der Waals surface area contributed by atoms with E-state index in [2.05, 4.69) is 41.8 Å². The van der Waals surface area contributed by atoms with E-state index < -0.39 is 0 Å². The predicted molar refractivity (Wildman–Crippen MR) is 101 cm³/mol. The average molecular weight is 328 g/mol. The molecule has 0 saturated heterocycles. The summed E-state index contributed by atoms with van der Waals surface area (Å²) in [6.45, 7) is 4.77. The van der Waals surface area contributed by atoms with Gasteiger partial charge in [0.1, 0.15) is 5.75 Å². The van der Waals surface area contributed by atoms with Crippen molar-refractivity contribution in [3.63, 3.8) is 0 Å². The normalized spacial score (nSPS) is 11.6. The lowest BCUT2D eigenvalue weighted by molar-refractivity contribution is 0.340. The number of benzene rings is 2. The van der Waals surface area contributed by atoms with Crippen molar-refractivity contribution in [2.24, 2.45) is 0 Å². The van der Waals surface area contributed by atoms with Crippen molar-refractivity contribution in [1.82, 2.24) is 5.32 Å². The number of hydrogen-bond acceptors (Lipinski definition) is 2. The standard InChI is InChI=1S/C19H24N2OS/c1-3-22-18-11-7-10-17(14-18)21-19(23)20-15(2)12-13-16-8-5-4-6-9-16/h4-11,14-15H,3,12-13H2,1-2H3,(H2,20,21,23)/t15-/m1/s1. The summed E-state index contributed by atoms with van der Waals surface area (Å²) in [4.78, 5) is 0. The lowest BCUT2D eigenvalue weighted by Gasteiger charge is -2.17. The first-order chi connectivity index (χ1) is 11.2. The molecule has 0 spiro atoms. The predicted octanol–water partition coefficient (Wildman–Crippen LogP) is 4.39. The topological polar surface area (TPSA) is 33.3 Å². The van der Waals surface area contributed by atoms with Gasteiger partial charge in [-0.15, -0.1) is 0 Å². The Labute approximate surface area is 144 Å². The van der Waals surface area contributed by atoms with Gasteiger partial charge in [-0.2, -0.15) is 0 Å². The highest BCUT2D eigenvalue weighted by Gasteiger charge is 2.05. The van der Waals surface area contributed by atoms with Crippen molar-refractivity contribution < 1.29 is 4.74 Å². The van der Waals surface area contributed by atoms with E-state index in [9.17, 15) is 0 Å². The molecule has 2 N–H and O–H groups in total. The van der Waals surface area contributed by atoms with E-state index in [0.717, 1.165) is 24.3 Å². The first-order valence-electron chi connectivity index (χ1n) is 8.01. The summed E-state index contributed by atoms with van der Waals surface area (Å²) < 4.78 is 5.49. The van der Waals surface area contributed by atoms with Gasteiger partial charge < -0.3 is 15.4 Å². The van der Waals surface area contributed by atoms with E-state index in [0.29, 0.717) is 17.8 Å². The average Bonchev–Trinajstić information content (AvgIpc) is 2.54. The Morgan fingerprint density at radius 3 is 2.65 bits per heavy atom. The second kappa shape index (κ2) is 9.16. The number of rotatable bonds is 7. The minimum absolute atomic E-state index is 0.310. The second-order valence-electron chi connectivity index (χ2n) is 5.48. The lowest BCUT2D eigenvalue weighted by atomic mass is 10.1. The third-order valence-electron chi connectivity index (χ3n) is 3.49. The number of nitrogens with one attached hydrogen (secondary N) is 2. The summed E-state index contributed by atoms with van der Waals surface area (Å²) in [5.41, 5.74) is 2.29. The second-order valence-corrected chi connectivity index (χ2v) is 5.89. The monoisotopic (exact) mass is 328 g/mol. The summed E-state index contributed by atoms with van der Waals surface area (Å²) in [5, 5.41) is 7.18. The Bertz CT molecular complexity index is 616. The fourth-order valence-electron chi connectivity index (χ4n) is 2.32. The summed E-state index contributed by atoms with van der Waals surface area (Å²) in [6, 6.07) is 18.6. The molecule has 2 rings (SSSR count). The van der Waals surface area contributed by atoms with Crippen LogP contribution >= 0.6 is 12.2 Å². The zero-order valence-corrected chi connectivity index (χ0v) is 14.5. The molecule has 0 saturated carbocycles. The van der Waals surface area contributed by atoms with Crippen LogP contribution < -0.4 is 15.4 Å². The van der Waals surface area contributed by atoms with E-state index >= 15 is 0 Å². The Balaban J connectivity index is 1.78. The molecule has 0 heterocycles. The molecular formula is C19H24N2OS. The molecule has 122 valence electrons. The van der Waals surface area contributed by atoms with Crippen LogP contribution in [0.2, 0.25) is 0 Å². The number of ether oxygens (including phenoxy) is 1. The summed E-state index contributed by atoms with van der Waals surface area (Å²) in [5.74, 6) is 0.845. The SMILES string of the molecule is CCOc1cccc(NC(=S)N[C@H](C)CCc2ccccc2)c1. The summed E-state index contributed by atoms with van der Waals surface area (Å²) in [7, 11) is 0. The highest BCUT2D eigenvalue weighted by Crippen LogP contribution is 2.17. The van der Waals surface area contributed by atoms with Crippen LogP contribution in [0.4, 0.5) is 5.69 Å². The van der Waals surface area contributed by atoms with Crippen molar-refractivity contribution in [3.8, 4) is 5.75 Å². The number of anilines is 1. The van der Waals surface area contributed by atoms with Crippen molar-refractivity contribution >= 4 is 23.0 Å². The number of aryl methyl sites for hydroxylation is 1. The molecule has 0 aliphatic carbocycles. The molecule has 0 radical (unpaired) electrons. The fourth-order valence-corrected chi connectivity index (χ4v) is 2.64. The Kier molecular flexibility index (Phi) is 6.88. The number of thiocarbonyl (C=S) groups is 1. The summed E-state index contributed by atoms with van der Waals surface area (Å²) >= 11 is 5.39. The maximum absolute atomic E-state index is 5.49. The molecule has 3 nitrogen and oxygen atoms in total. The van der Waals surface area contributed by atoms with Gasteiger partial charge >= 0.3 is 0 Å². The lowest BCUT2D eigenvalue weighted by Crippen LogP contribution is -2.36.